The Morgan fingerprint density at radius 3 is 2.08 bits per heavy atom. The van der Waals surface area contributed by atoms with Crippen LogP contribution in [0, 0.1) is 15.9 Å². The molecule has 4 aromatic carbocycles. The van der Waals surface area contributed by atoms with Gasteiger partial charge in [-0.2, -0.15) is 0 Å². The Bertz CT molecular complexity index is 1540. The number of hydrogen-bond donors (Lipinski definition) is 0. The van der Waals surface area contributed by atoms with Crippen molar-refractivity contribution < 1.29 is 9.31 Å². The quantitative estimate of drug-likeness (QED) is 0.159. The maximum absolute atomic E-state index is 14.9. The predicted molar refractivity (Wildman–Crippen MR) is 145 cm³/mol. The Morgan fingerprint density at radius 2 is 1.43 bits per heavy atom. The van der Waals surface area contributed by atoms with Crippen LogP contribution in [0.1, 0.15) is 23.5 Å². The lowest BCUT2D eigenvalue weighted by atomic mass is 9.88. The summed E-state index contributed by atoms with van der Waals surface area (Å²) >= 11 is 1.35. The highest BCUT2D eigenvalue weighted by molar-refractivity contribution is 7.07. The summed E-state index contributed by atoms with van der Waals surface area (Å²) in [6.07, 6.45) is 0.732. The Kier molecular flexibility index (Phi) is 7.33. The molecular formula is C30H24FN3O2S. The van der Waals surface area contributed by atoms with Crippen molar-refractivity contribution in [2.24, 2.45) is 4.99 Å². The fourth-order valence-corrected chi connectivity index (χ4v) is 5.43. The third kappa shape index (κ3) is 5.42. The van der Waals surface area contributed by atoms with Crippen LogP contribution in [0.25, 0.3) is 11.3 Å². The van der Waals surface area contributed by atoms with Gasteiger partial charge in [0.25, 0.3) is 5.69 Å². The molecule has 0 aliphatic rings. The molecule has 7 heteroatoms. The van der Waals surface area contributed by atoms with Crippen LogP contribution in [0.2, 0.25) is 0 Å². The fourth-order valence-electron chi connectivity index (χ4n) is 4.49. The first-order valence-electron chi connectivity index (χ1n) is 11.9. The van der Waals surface area contributed by atoms with Crippen molar-refractivity contribution in [2.45, 2.75) is 18.9 Å². The number of aromatic nitrogens is 1. The minimum atomic E-state index is -0.435. The smallest absolute Gasteiger partial charge is 0.294 e. The van der Waals surface area contributed by atoms with Crippen LogP contribution in [0.4, 0.5) is 15.8 Å². The van der Waals surface area contributed by atoms with Gasteiger partial charge in [-0.1, -0.05) is 84.9 Å². The minimum Gasteiger partial charge on any atom is -0.316 e. The first kappa shape index (κ1) is 24.3. The maximum atomic E-state index is 14.9. The van der Waals surface area contributed by atoms with Crippen molar-refractivity contribution in [2.75, 3.05) is 0 Å². The van der Waals surface area contributed by atoms with Gasteiger partial charge < -0.3 is 4.57 Å². The highest BCUT2D eigenvalue weighted by Gasteiger charge is 2.18. The number of hydrogen-bond acceptors (Lipinski definition) is 4. The van der Waals surface area contributed by atoms with E-state index in [1.165, 1.54) is 34.6 Å². The highest BCUT2D eigenvalue weighted by Crippen LogP contribution is 2.31. The predicted octanol–water partition coefficient (Wildman–Crippen LogP) is 7.72. The molecule has 0 aliphatic carbocycles. The number of halogens is 1. The number of para-hydroxylation sites is 2. The van der Waals surface area contributed by atoms with E-state index in [1.54, 1.807) is 36.4 Å². The second-order valence-electron chi connectivity index (χ2n) is 8.56. The van der Waals surface area contributed by atoms with Gasteiger partial charge in [0.2, 0.25) is 0 Å². The molecule has 0 saturated heterocycles. The number of nitro groups is 1. The van der Waals surface area contributed by atoms with Crippen molar-refractivity contribution in [3.63, 3.8) is 0 Å². The van der Waals surface area contributed by atoms with Gasteiger partial charge in [-0.15, -0.1) is 11.3 Å². The first-order chi connectivity index (χ1) is 18.1. The molecule has 1 aromatic heterocycles. The fraction of sp³-hybridized carbons (Fsp3) is 0.100. The topological polar surface area (TPSA) is 60.4 Å². The van der Waals surface area contributed by atoms with Crippen LogP contribution in [0.15, 0.2) is 120 Å². The van der Waals surface area contributed by atoms with E-state index < -0.39 is 4.92 Å². The van der Waals surface area contributed by atoms with E-state index in [4.69, 9.17) is 0 Å². The SMILES string of the molecule is O=[N+]([O-])c1ccccc1N=c1scc(-c2ccccc2F)n1CCC(c1ccccc1)c1ccccc1. The van der Waals surface area contributed by atoms with Crippen molar-refractivity contribution in [1.82, 2.24) is 4.57 Å². The molecular weight excluding hydrogens is 485 g/mol. The van der Waals surface area contributed by atoms with E-state index >= 15 is 0 Å². The van der Waals surface area contributed by atoms with E-state index in [0.29, 0.717) is 22.6 Å². The number of rotatable bonds is 8. The molecule has 5 nitrogen and oxygen atoms in total. The highest BCUT2D eigenvalue weighted by atomic mass is 32.1. The van der Waals surface area contributed by atoms with Gasteiger partial charge in [0.1, 0.15) is 11.5 Å². The molecule has 0 fully saturated rings. The zero-order chi connectivity index (χ0) is 25.6. The Labute approximate surface area is 218 Å². The van der Waals surface area contributed by atoms with Crippen molar-refractivity contribution in [3.05, 3.63) is 146 Å². The second kappa shape index (κ2) is 11.1. The van der Waals surface area contributed by atoms with Crippen molar-refractivity contribution in [1.29, 1.82) is 0 Å². The molecule has 0 saturated carbocycles. The Hall–Kier alpha value is -4.36. The summed E-state index contributed by atoms with van der Waals surface area (Å²) in [6, 6.07) is 33.6. The van der Waals surface area contributed by atoms with E-state index in [0.717, 1.165) is 6.42 Å². The summed E-state index contributed by atoms with van der Waals surface area (Å²) in [5, 5.41) is 13.5. The normalized spacial score (nSPS) is 11.7. The zero-order valence-electron chi connectivity index (χ0n) is 19.9. The van der Waals surface area contributed by atoms with Crippen molar-refractivity contribution in [3.8, 4) is 11.3 Å². The molecule has 0 bridgehead atoms. The van der Waals surface area contributed by atoms with Gasteiger partial charge in [0, 0.05) is 29.5 Å². The lowest BCUT2D eigenvalue weighted by molar-refractivity contribution is -0.384. The number of thiazole rings is 1. The van der Waals surface area contributed by atoms with Crippen LogP contribution >= 0.6 is 11.3 Å². The molecule has 0 amide bonds. The average molecular weight is 510 g/mol. The maximum Gasteiger partial charge on any atom is 0.294 e. The van der Waals surface area contributed by atoms with Crippen LogP contribution in [-0.2, 0) is 6.54 Å². The molecule has 1 heterocycles. The van der Waals surface area contributed by atoms with Gasteiger partial charge in [-0.05, 0) is 35.7 Å². The van der Waals surface area contributed by atoms with Gasteiger partial charge in [0.05, 0.1) is 10.6 Å². The van der Waals surface area contributed by atoms with Crippen LogP contribution < -0.4 is 4.80 Å². The molecule has 0 atom stereocenters. The van der Waals surface area contributed by atoms with E-state index in [-0.39, 0.29) is 23.1 Å². The van der Waals surface area contributed by atoms with Crippen LogP contribution in [0.5, 0.6) is 0 Å². The summed E-state index contributed by atoms with van der Waals surface area (Å²) in [5.41, 5.74) is 3.74. The molecule has 0 radical (unpaired) electrons. The Morgan fingerprint density at radius 1 is 0.838 bits per heavy atom. The molecule has 5 rings (SSSR count). The third-order valence-corrected chi connectivity index (χ3v) is 7.15. The molecule has 0 unspecified atom stereocenters. The summed E-state index contributed by atoms with van der Waals surface area (Å²) in [4.78, 5) is 16.4. The molecule has 37 heavy (non-hydrogen) atoms. The number of benzene rings is 4. The summed E-state index contributed by atoms with van der Waals surface area (Å²) < 4.78 is 16.8. The van der Waals surface area contributed by atoms with Crippen LogP contribution in [-0.4, -0.2) is 9.49 Å². The molecule has 5 aromatic rings. The van der Waals surface area contributed by atoms with Crippen molar-refractivity contribution >= 4 is 22.7 Å². The molecule has 184 valence electrons. The monoisotopic (exact) mass is 509 g/mol. The second-order valence-corrected chi connectivity index (χ2v) is 9.39. The van der Waals surface area contributed by atoms with E-state index in [2.05, 4.69) is 29.3 Å². The zero-order valence-corrected chi connectivity index (χ0v) is 20.7. The Balaban J connectivity index is 1.61. The minimum absolute atomic E-state index is 0.0682. The van der Waals surface area contributed by atoms with E-state index in [1.807, 2.05) is 46.3 Å². The summed E-state index contributed by atoms with van der Waals surface area (Å²) in [7, 11) is 0. The lowest BCUT2D eigenvalue weighted by Gasteiger charge is -2.19. The first-order valence-corrected chi connectivity index (χ1v) is 12.8. The molecule has 0 spiro atoms. The largest absolute Gasteiger partial charge is 0.316 e. The summed E-state index contributed by atoms with van der Waals surface area (Å²) in [6.45, 7) is 0.543. The molecule has 0 aliphatic heterocycles. The van der Waals surface area contributed by atoms with Gasteiger partial charge in [-0.25, -0.2) is 9.38 Å². The molecule has 0 N–H and O–H groups in total. The summed E-state index contributed by atoms with van der Waals surface area (Å²) in [5.74, 6) is -0.212. The van der Waals surface area contributed by atoms with E-state index in [9.17, 15) is 14.5 Å². The number of nitro benzene ring substituents is 1. The average Bonchev–Trinajstić information content (AvgIpc) is 3.32. The lowest BCUT2D eigenvalue weighted by Crippen LogP contribution is -2.18. The standard InChI is InChI=1S/C30H24FN3O2S/c31-26-16-8-7-15-25(26)29-21-37-30(32-27-17-9-10-18-28(27)34(35)36)33(29)20-19-24(22-11-3-1-4-12-22)23-13-5-2-6-14-23/h1-18,21,24H,19-20H2. The van der Waals surface area contributed by atoms with Gasteiger partial charge in [0.15, 0.2) is 4.80 Å². The van der Waals surface area contributed by atoms with Gasteiger partial charge >= 0.3 is 0 Å². The van der Waals surface area contributed by atoms with Crippen LogP contribution in [0.3, 0.4) is 0 Å². The van der Waals surface area contributed by atoms with Gasteiger partial charge in [-0.3, -0.25) is 10.1 Å². The third-order valence-electron chi connectivity index (χ3n) is 6.29. The number of nitrogens with zero attached hydrogens (tertiary/aromatic N) is 3.